The van der Waals surface area contributed by atoms with Crippen molar-refractivity contribution in [3.8, 4) is 5.69 Å². The van der Waals surface area contributed by atoms with Crippen LogP contribution < -0.4 is 24.8 Å². The quantitative estimate of drug-likeness (QED) is 0.340. The van der Waals surface area contributed by atoms with Gasteiger partial charge in [0.05, 0.1) is 5.52 Å². The van der Waals surface area contributed by atoms with E-state index >= 15 is 0 Å². The fourth-order valence-corrected chi connectivity index (χ4v) is 3.89. The second-order valence-electron chi connectivity index (χ2n) is 5.97. The standard InChI is InChI=1S/C20H16N.2ClH.Zr/c1-2-7-15-13-16(12-14(15)6-1)21-19-10-4-3-8-17(19)18-9-5-11-20(18)21;;;/h1-4,6-8,10,12-13H,5,9,11H2;2*1H;/q-1;;;+3/p-2. The largest absolute Gasteiger partial charge is 3.00 e. The normalized spacial score (nSPS) is 12.3. The summed E-state index contributed by atoms with van der Waals surface area (Å²) in [5.74, 6) is 0. The zero-order chi connectivity index (χ0) is 13.8. The SMILES string of the molecule is [Cl-].[Cl-].[Zr+3].c1ccc2[cH-]c(-n3c4c(c5ccccc53)CCC4)cc2c1. The van der Waals surface area contributed by atoms with Crippen molar-refractivity contribution in [3.63, 3.8) is 0 Å². The molecule has 5 rings (SSSR count). The van der Waals surface area contributed by atoms with Crippen LogP contribution in [0.4, 0.5) is 0 Å². The van der Waals surface area contributed by atoms with E-state index < -0.39 is 0 Å². The van der Waals surface area contributed by atoms with Gasteiger partial charge in [0.25, 0.3) is 0 Å². The van der Waals surface area contributed by atoms with Gasteiger partial charge in [-0.15, -0.1) is 41.1 Å². The van der Waals surface area contributed by atoms with E-state index in [1.54, 1.807) is 5.56 Å². The van der Waals surface area contributed by atoms with Crippen LogP contribution in [-0.2, 0) is 39.0 Å². The maximum absolute atomic E-state index is 2.48. The molecule has 0 aliphatic heterocycles. The average Bonchev–Trinajstić information content (AvgIpc) is 3.20. The molecule has 1 radical (unpaired) electrons. The third-order valence-corrected chi connectivity index (χ3v) is 4.79. The first kappa shape index (κ1) is 19.4. The Morgan fingerprint density at radius 2 is 1.62 bits per heavy atom. The fourth-order valence-electron chi connectivity index (χ4n) is 3.89. The number of benzene rings is 2. The Morgan fingerprint density at radius 1 is 0.875 bits per heavy atom. The molecule has 0 saturated carbocycles. The summed E-state index contributed by atoms with van der Waals surface area (Å²) in [6.45, 7) is 0. The smallest absolute Gasteiger partial charge is 1.00 e. The van der Waals surface area contributed by atoms with Gasteiger partial charge in [0.2, 0.25) is 0 Å². The number of aromatic nitrogens is 1. The molecular formula is C20H16Cl2NZr. The van der Waals surface area contributed by atoms with E-state index in [0.29, 0.717) is 0 Å². The van der Waals surface area contributed by atoms with E-state index in [0.717, 1.165) is 0 Å². The number of rotatable bonds is 1. The first-order valence-electron chi connectivity index (χ1n) is 7.69. The van der Waals surface area contributed by atoms with E-state index in [9.17, 15) is 0 Å². The second kappa shape index (κ2) is 7.52. The average molecular weight is 432 g/mol. The molecule has 0 amide bonds. The van der Waals surface area contributed by atoms with Gasteiger partial charge >= 0.3 is 26.2 Å². The van der Waals surface area contributed by atoms with Crippen LogP contribution in [0.1, 0.15) is 17.7 Å². The van der Waals surface area contributed by atoms with Crippen LogP contribution >= 0.6 is 0 Å². The van der Waals surface area contributed by atoms with Crippen molar-refractivity contribution in [2.24, 2.45) is 0 Å². The minimum Gasteiger partial charge on any atom is -1.00 e. The molecule has 0 unspecified atom stereocenters. The Balaban J connectivity index is 0.000000694. The molecule has 1 nitrogen and oxygen atoms in total. The van der Waals surface area contributed by atoms with Gasteiger partial charge in [-0.2, -0.15) is 0 Å². The molecule has 4 aromatic rings. The molecule has 0 spiro atoms. The fraction of sp³-hybridized carbons (Fsp3) is 0.150. The molecule has 1 heterocycles. The summed E-state index contributed by atoms with van der Waals surface area (Å²) in [4.78, 5) is 0. The van der Waals surface area contributed by atoms with Crippen molar-refractivity contribution in [1.82, 2.24) is 4.57 Å². The van der Waals surface area contributed by atoms with Gasteiger partial charge in [-0.25, -0.2) is 0 Å². The molecule has 1 aromatic heterocycles. The van der Waals surface area contributed by atoms with Crippen molar-refractivity contribution in [1.29, 1.82) is 0 Å². The molecule has 0 N–H and O–H groups in total. The van der Waals surface area contributed by atoms with Crippen LogP contribution in [-0.4, -0.2) is 4.57 Å². The maximum Gasteiger partial charge on any atom is 3.00 e. The minimum atomic E-state index is 0. The number of aryl methyl sites for hydroxylation is 1. The van der Waals surface area contributed by atoms with E-state index in [4.69, 9.17) is 0 Å². The van der Waals surface area contributed by atoms with E-state index in [1.807, 2.05) is 0 Å². The van der Waals surface area contributed by atoms with Gasteiger partial charge in [-0.3, -0.25) is 0 Å². The minimum absolute atomic E-state index is 0. The number of para-hydroxylation sites is 1. The summed E-state index contributed by atoms with van der Waals surface area (Å²) in [5.41, 5.74) is 5.76. The van der Waals surface area contributed by atoms with Gasteiger partial charge in [0.1, 0.15) is 0 Å². The van der Waals surface area contributed by atoms with Crippen molar-refractivity contribution in [3.05, 3.63) is 71.9 Å². The van der Waals surface area contributed by atoms with E-state index in [1.165, 1.54) is 52.3 Å². The number of hydrogen-bond acceptors (Lipinski definition) is 0. The van der Waals surface area contributed by atoms with Crippen LogP contribution in [0.15, 0.2) is 60.7 Å². The molecule has 0 saturated heterocycles. The van der Waals surface area contributed by atoms with Crippen LogP contribution in [0.2, 0.25) is 0 Å². The Kier molecular flexibility index (Phi) is 6.07. The summed E-state index contributed by atoms with van der Waals surface area (Å²) >= 11 is 0. The number of fused-ring (bicyclic) bond motifs is 4. The molecule has 0 bridgehead atoms. The molecule has 119 valence electrons. The topological polar surface area (TPSA) is 4.93 Å². The predicted molar refractivity (Wildman–Crippen MR) is 88.4 cm³/mol. The molecule has 0 fully saturated rings. The molecule has 1 aliphatic rings. The van der Waals surface area contributed by atoms with Crippen LogP contribution in [0.25, 0.3) is 27.4 Å². The van der Waals surface area contributed by atoms with E-state index in [-0.39, 0.29) is 51.0 Å². The number of hydrogen-bond donors (Lipinski definition) is 0. The summed E-state index contributed by atoms with van der Waals surface area (Å²) in [6, 6.07) is 22.1. The Morgan fingerprint density at radius 3 is 2.46 bits per heavy atom. The third kappa shape index (κ3) is 2.79. The van der Waals surface area contributed by atoms with Gasteiger partial charge in [-0.05, 0) is 36.6 Å². The molecule has 0 atom stereocenters. The van der Waals surface area contributed by atoms with Crippen molar-refractivity contribution in [2.75, 3.05) is 0 Å². The molecule has 24 heavy (non-hydrogen) atoms. The molecule has 1 aliphatic carbocycles. The van der Waals surface area contributed by atoms with Crippen molar-refractivity contribution in [2.45, 2.75) is 19.3 Å². The van der Waals surface area contributed by atoms with Crippen LogP contribution in [0.5, 0.6) is 0 Å². The Hall–Kier alpha value is -0.947. The predicted octanol–water partition coefficient (Wildman–Crippen LogP) is -1.00. The first-order chi connectivity index (χ1) is 10.4. The van der Waals surface area contributed by atoms with Crippen molar-refractivity contribution >= 4 is 21.7 Å². The number of halogens is 2. The van der Waals surface area contributed by atoms with E-state index in [2.05, 4.69) is 65.2 Å². The first-order valence-corrected chi connectivity index (χ1v) is 7.69. The van der Waals surface area contributed by atoms with Crippen LogP contribution in [0, 0.1) is 0 Å². The van der Waals surface area contributed by atoms with Gasteiger partial charge in [0, 0.05) is 11.1 Å². The zero-order valence-electron chi connectivity index (χ0n) is 13.1. The van der Waals surface area contributed by atoms with Crippen molar-refractivity contribution < 1.29 is 51.0 Å². The molecular weight excluding hydrogens is 416 g/mol. The number of nitrogens with zero attached hydrogens (tertiary/aromatic N) is 1. The van der Waals surface area contributed by atoms with Gasteiger partial charge < -0.3 is 29.4 Å². The van der Waals surface area contributed by atoms with Gasteiger partial charge in [-0.1, -0.05) is 24.3 Å². The second-order valence-corrected chi connectivity index (χ2v) is 5.97. The summed E-state index contributed by atoms with van der Waals surface area (Å²) < 4.78 is 2.48. The van der Waals surface area contributed by atoms with Crippen LogP contribution in [0.3, 0.4) is 0 Å². The summed E-state index contributed by atoms with van der Waals surface area (Å²) in [7, 11) is 0. The molecule has 4 heteroatoms. The Labute approximate surface area is 173 Å². The van der Waals surface area contributed by atoms with Gasteiger partial charge in [0.15, 0.2) is 0 Å². The summed E-state index contributed by atoms with van der Waals surface area (Å²) in [6.07, 6.45) is 3.71. The maximum atomic E-state index is 2.48. The monoisotopic (exact) mass is 430 g/mol. The summed E-state index contributed by atoms with van der Waals surface area (Å²) in [5, 5.41) is 4.10. The molecule has 3 aromatic carbocycles. The third-order valence-electron chi connectivity index (χ3n) is 4.79. The zero-order valence-corrected chi connectivity index (χ0v) is 17.1. The Bertz CT molecular complexity index is 951.